The Labute approximate surface area is 117 Å². The second kappa shape index (κ2) is 5.28. The summed E-state index contributed by atoms with van der Waals surface area (Å²) < 4.78 is 6.27. The predicted molar refractivity (Wildman–Crippen MR) is 74.7 cm³/mol. The minimum Gasteiger partial charge on any atom is -0.442 e. The Balaban J connectivity index is 2.37. The van der Waals surface area contributed by atoms with E-state index in [1.165, 1.54) is 6.20 Å². The van der Waals surface area contributed by atoms with Crippen molar-refractivity contribution in [2.75, 3.05) is 0 Å². The first-order chi connectivity index (χ1) is 9.40. The molecular weight excluding hydrogens is 256 g/mol. The molecule has 1 aromatic heterocycles. The quantitative estimate of drug-likeness (QED) is 0.788. The van der Waals surface area contributed by atoms with Crippen LogP contribution in [0.4, 0.5) is 4.79 Å². The largest absolute Gasteiger partial charge is 0.442 e. The van der Waals surface area contributed by atoms with E-state index in [9.17, 15) is 9.59 Å². The summed E-state index contributed by atoms with van der Waals surface area (Å²) in [6.07, 6.45) is 1.45. The van der Waals surface area contributed by atoms with Gasteiger partial charge in [0.25, 0.3) is 0 Å². The molecule has 0 aliphatic rings. The van der Waals surface area contributed by atoms with Crippen molar-refractivity contribution in [2.45, 2.75) is 26.4 Å². The fraction of sp³-hybridized carbons (Fsp3) is 0.267. The lowest BCUT2D eigenvalue weighted by Gasteiger charge is -2.18. The Morgan fingerprint density at radius 1 is 1.25 bits per heavy atom. The number of hydrogen-bond donors (Lipinski definition) is 0. The molecule has 0 saturated carbocycles. The Morgan fingerprint density at radius 3 is 2.45 bits per heavy atom. The zero-order chi connectivity index (χ0) is 14.8. The molecule has 0 aliphatic heterocycles. The predicted octanol–water partition coefficient (Wildman–Crippen LogP) is 3.15. The van der Waals surface area contributed by atoms with E-state index in [0.29, 0.717) is 17.5 Å². The molecule has 104 valence electrons. The summed E-state index contributed by atoms with van der Waals surface area (Å²) in [5, 5.41) is 4.15. The van der Waals surface area contributed by atoms with Crippen LogP contribution in [-0.2, 0) is 4.74 Å². The van der Waals surface area contributed by atoms with Crippen LogP contribution in [0.3, 0.4) is 0 Å². The van der Waals surface area contributed by atoms with Crippen LogP contribution in [-0.4, -0.2) is 27.8 Å². The maximum absolute atomic E-state index is 11.9. The van der Waals surface area contributed by atoms with Crippen LogP contribution in [0.1, 0.15) is 31.1 Å². The van der Waals surface area contributed by atoms with E-state index in [-0.39, 0.29) is 0 Å². The van der Waals surface area contributed by atoms with Gasteiger partial charge in [-0.1, -0.05) is 30.3 Å². The molecule has 0 atom stereocenters. The lowest BCUT2D eigenvalue weighted by atomic mass is 10.1. The van der Waals surface area contributed by atoms with Gasteiger partial charge in [-0.05, 0) is 20.8 Å². The summed E-state index contributed by atoms with van der Waals surface area (Å²) in [5.74, 6) is 0. The van der Waals surface area contributed by atoms with E-state index in [0.717, 1.165) is 10.2 Å². The lowest BCUT2D eigenvalue weighted by Crippen LogP contribution is -2.27. The van der Waals surface area contributed by atoms with Gasteiger partial charge >= 0.3 is 6.09 Å². The molecule has 20 heavy (non-hydrogen) atoms. The van der Waals surface area contributed by atoms with Crippen LogP contribution in [0.5, 0.6) is 0 Å². The zero-order valence-electron chi connectivity index (χ0n) is 11.7. The van der Waals surface area contributed by atoms with Gasteiger partial charge in [0.15, 0.2) is 6.29 Å². The van der Waals surface area contributed by atoms with Gasteiger partial charge in [-0.3, -0.25) is 4.79 Å². The Hall–Kier alpha value is -2.43. The molecule has 1 aromatic carbocycles. The fourth-order valence-electron chi connectivity index (χ4n) is 1.70. The number of aromatic nitrogens is 2. The van der Waals surface area contributed by atoms with Crippen molar-refractivity contribution in [2.24, 2.45) is 0 Å². The van der Waals surface area contributed by atoms with Gasteiger partial charge in [-0.25, -0.2) is 4.79 Å². The van der Waals surface area contributed by atoms with Crippen molar-refractivity contribution in [1.82, 2.24) is 9.78 Å². The third-order valence-electron chi connectivity index (χ3n) is 2.50. The highest BCUT2D eigenvalue weighted by molar-refractivity contribution is 5.87. The molecule has 0 amide bonds. The average molecular weight is 272 g/mol. The molecule has 2 aromatic rings. The molecular formula is C15H16N2O3. The molecule has 0 unspecified atom stereocenters. The van der Waals surface area contributed by atoms with Gasteiger partial charge < -0.3 is 4.74 Å². The first-order valence-electron chi connectivity index (χ1n) is 6.24. The minimum absolute atomic E-state index is 0.349. The molecule has 0 aliphatic carbocycles. The van der Waals surface area contributed by atoms with Crippen LogP contribution in [0.2, 0.25) is 0 Å². The van der Waals surface area contributed by atoms with E-state index in [1.807, 2.05) is 30.3 Å². The van der Waals surface area contributed by atoms with Crippen molar-refractivity contribution in [3.8, 4) is 11.3 Å². The number of carbonyl (C=O) groups is 2. The number of aldehydes is 1. The van der Waals surface area contributed by atoms with E-state index >= 15 is 0 Å². The maximum Gasteiger partial charge on any atom is 0.435 e. The summed E-state index contributed by atoms with van der Waals surface area (Å²) in [6.45, 7) is 5.31. The van der Waals surface area contributed by atoms with Gasteiger partial charge in [0.05, 0.1) is 5.56 Å². The first kappa shape index (κ1) is 14.0. The van der Waals surface area contributed by atoms with Crippen LogP contribution in [0.15, 0.2) is 36.5 Å². The number of hydrogen-bond acceptors (Lipinski definition) is 4. The second-order valence-electron chi connectivity index (χ2n) is 5.34. The second-order valence-corrected chi connectivity index (χ2v) is 5.34. The maximum atomic E-state index is 11.9. The van der Waals surface area contributed by atoms with Crippen molar-refractivity contribution >= 4 is 12.4 Å². The Kier molecular flexibility index (Phi) is 3.70. The molecule has 0 fully saturated rings. The molecule has 5 heteroatoms. The molecule has 0 spiro atoms. The van der Waals surface area contributed by atoms with Crippen molar-refractivity contribution in [3.05, 3.63) is 42.1 Å². The van der Waals surface area contributed by atoms with Crippen molar-refractivity contribution in [3.63, 3.8) is 0 Å². The van der Waals surface area contributed by atoms with Crippen LogP contribution >= 0.6 is 0 Å². The van der Waals surface area contributed by atoms with E-state index in [1.54, 1.807) is 20.8 Å². The van der Waals surface area contributed by atoms with Crippen LogP contribution in [0, 0.1) is 0 Å². The molecule has 0 N–H and O–H groups in total. The third-order valence-corrected chi connectivity index (χ3v) is 2.50. The smallest absolute Gasteiger partial charge is 0.435 e. The van der Waals surface area contributed by atoms with Crippen molar-refractivity contribution < 1.29 is 14.3 Å². The van der Waals surface area contributed by atoms with Crippen LogP contribution in [0.25, 0.3) is 11.3 Å². The van der Waals surface area contributed by atoms with E-state index < -0.39 is 11.7 Å². The summed E-state index contributed by atoms with van der Waals surface area (Å²) in [7, 11) is 0. The van der Waals surface area contributed by atoms with E-state index in [4.69, 9.17) is 4.74 Å². The minimum atomic E-state index is -0.614. The number of carbonyl (C=O) groups excluding carboxylic acids is 2. The number of ether oxygens (including phenoxy) is 1. The summed E-state index contributed by atoms with van der Waals surface area (Å²) in [6, 6.07) is 9.21. The topological polar surface area (TPSA) is 61.2 Å². The monoisotopic (exact) mass is 272 g/mol. The number of benzene rings is 1. The number of rotatable bonds is 2. The van der Waals surface area contributed by atoms with Gasteiger partial charge in [0.2, 0.25) is 0 Å². The highest BCUT2D eigenvalue weighted by Crippen LogP contribution is 2.21. The molecule has 0 saturated heterocycles. The molecule has 0 bridgehead atoms. The highest BCUT2D eigenvalue weighted by atomic mass is 16.6. The fourth-order valence-corrected chi connectivity index (χ4v) is 1.70. The van der Waals surface area contributed by atoms with Crippen LogP contribution < -0.4 is 0 Å². The standard InChI is InChI=1S/C15H16N2O3/c1-15(2,3)20-14(19)17-9-12(10-18)13(16-17)11-7-5-4-6-8-11/h4-10H,1-3H3. The van der Waals surface area contributed by atoms with Gasteiger partial charge in [-0.15, -0.1) is 0 Å². The van der Waals surface area contributed by atoms with Gasteiger partial charge in [0, 0.05) is 11.8 Å². The molecule has 0 radical (unpaired) electrons. The molecule has 5 nitrogen and oxygen atoms in total. The first-order valence-corrected chi connectivity index (χ1v) is 6.24. The Morgan fingerprint density at radius 2 is 1.90 bits per heavy atom. The summed E-state index contributed by atoms with van der Waals surface area (Å²) in [5.41, 5.74) is 0.975. The molecule has 1 heterocycles. The number of nitrogens with zero attached hydrogens (tertiary/aromatic N) is 2. The van der Waals surface area contributed by atoms with E-state index in [2.05, 4.69) is 5.10 Å². The average Bonchev–Trinajstić information content (AvgIpc) is 2.82. The summed E-state index contributed by atoms with van der Waals surface area (Å²) >= 11 is 0. The third kappa shape index (κ3) is 3.12. The zero-order valence-corrected chi connectivity index (χ0v) is 11.7. The normalized spacial score (nSPS) is 11.2. The van der Waals surface area contributed by atoms with Gasteiger partial charge in [-0.2, -0.15) is 9.78 Å². The summed E-state index contributed by atoms with van der Waals surface area (Å²) in [4.78, 5) is 23.1. The molecule has 2 rings (SSSR count). The van der Waals surface area contributed by atoms with Gasteiger partial charge in [0.1, 0.15) is 11.3 Å². The lowest BCUT2D eigenvalue weighted by molar-refractivity contribution is 0.0515. The highest BCUT2D eigenvalue weighted by Gasteiger charge is 2.20. The Bertz CT molecular complexity index is 624. The van der Waals surface area contributed by atoms with Crippen molar-refractivity contribution in [1.29, 1.82) is 0 Å². The SMILES string of the molecule is CC(C)(C)OC(=O)n1cc(C=O)c(-c2ccccc2)n1.